The first kappa shape index (κ1) is 17.2. The molecule has 1 aromatic heterocycles. The molecule has 138 valence electrons. The van der Waals surface area contributed by atoms with Crippen LogP contribution in [0.4, 0.5) is 10.1 Å². The van der Waals surface area contributed by atoms with Crippen molar-refractivity contribution in [3.05, 3.63) is 71.1 Å². The summed E-state index contributed by atoms with van der Waals surface area (Å²) in [6, 6.07) is 11.4. The Labute approximate surface area is 155 Å². The maximum Gasteiger partial charge on any atom is 0.255 e. The highest BCUT2D eigenvalue weighted by molar-refractivity contribution is 6.04. The molecule has 2 aromatic carbocycles. The molecule has 0 atom stereocenters. The first-order valence-corrected chi connectivity index (χ1v) is 8.69. The molecule has 7 heteroatoms. The SMILES string of the molecule is COc1ccc(C(=O)Nc2ccccc2Cc2nc(C3CC3)no2)cc1F. The van der Waals surface area contributed by atoms with E-state index in [2.05, 4.69) is 15.5 Å². The number of halogens is 1. The number of carbonyl (C=O) groups excluding carboxylic acids is 1. The molecule has 1 amide bonds. The Morgan fingerprint density at radius 1 is 1.30 bits per heavy atom. The summed E-state index contributed by atoms with van der Waals surface area (Å²) in [6.07, 6.45) is 2.61. The Morgan fingerprint density at radius 3 is 2.85 bits per heavy atom. The first-order valence-electron chi connectivity index (χ1n) is 8.69. The van der Waals surface area contributed by atoms with Gasteiger partial charge in [-0.1, -0.05) is 23.4 Å². The van der Waals surface area contributed by atoms with Gasteiger partial charge in [0.1, 0.15) is 0 Å². The highest BCUT2D eigenvalue weighted by Gasteiger charge is 2.28. The van der Waals surface area contributed by atoms with Crippen molar-refractivity contribution in [3.63, 3.8) is 0 Å². The Morgan fingerprint density at radius 2 is 2.11 bits per heavy atom. The van der Waals surface area contributed by atoms with Gasteiger partial charge in [0.25, 0.3) is 5.91 Å². The molecule has 1 aliphatic carbocycles. The summed E-state index contributed by atoms with van der Waals surface area (Å²) < 4.78 is 24.1. The van der Waals surface area contributed by atoms with Crippen molar-refractivity contribution in [2.24, 2.45) is 0 Å². The van der Waals surface area contributed by atoms with Crippen LogP contribution in [0, 0.1) is 5.82 Å². The zero-order valence-corrected chi connectivity index (χ0v) is 14.7. The van der Waals surface area contributed by atoms with E-state index in [0.717, 1.165) is 30.3 Å². The Hall–Kier alpha value is -3.22. The lowest BCUT2D eigenvalue weighted by Gasteiger charge is -2.10. The molecule has 3 aromatic rings. The van der Waals surface area contributed by atoms with Crippen LogP contribution in [-0.2, 0) is 6.42 Å². The number of amides is 1. The van der Waals surface area contributed by atoms with Gasteiger partial charge in [0.15, 0.2) is 17.4 Å². The van der Waals surface area contributed by atoms with E-state index in [1.807, 2.05) is 18.2 Å². The molecule has 1 aliphatic rings. The van der Waals surface area contributed by atoms with Gasteiger partial charge < -0.3 is 14.6 Å². The van der Waals surface area contributed by atoms with Crippen molar-refractivity contribution >= 4 is 11.6 Å². The van der Waals surface area contributed by atoms with Crippen molar-refractivity contribution in [3.8, 4) is 5.75 Å². The summed E-state index contributed by atoms with van der Waals surface area (Å²) in [5, 5.41) is 6.83. The maximum atomic E-state index is 13.9. The molecule has 1 fully saturated rings. The number of methoxy groups -OCH3 is 1. The van der Waals surface area contributed by atoms with Crippen molar-refractivity contribution in [2.45, 2.75) is 25.2 Å². The predicted molar refractivity (Wildman–Crippen MR) is 96.4 cm³/mol. The van der Waals surface area contributed by atoms with Crippen LogP contribution in [0.5, 0.6) is 5.75 Å². The second kappa shape index (κ2) is 7.19. The summed E-state index contributed by atoms with van der Waals surface area (Å²) in [5.74, 6) is 0.775. The Bertz CT molecular complexity index is 982. The van der Waals surface area contributed by atoms with E-state index in [-0.39, 0.29) is 11.3 Å². The minimum absolute atomic E-state index is 0.0924. The second-order valence-corrected chi connectivity index (χ2v) is 6.46. The second-order valence-electron chi connectivity index (χ2n) is 6.46. The van der Waals surface area contributed by atoms with Gasteiger partial charge in [0.05, 0.1) is 13.5 Å². The molecule has 27 heavy (non-hydrogen) atoms. The van der Waals surface area contributed by atoms with Gasteiger partial charge in [-0.2, -0.15) is 4.98 Å². The highest BCUT2D eigenvalue weighted by atomic mass is 19.1. The quantitative estimate of drug-likeness (QED) is 0.714. The van der Waals surface area contributed by atoms with Crippen LogP contribution in [0.15, 0.2) is 47.0 Å². The number of para-hydroxylation sites is 1. The predicted octanol–water partition coefficient (Wildman–Crippen LogP) is 3.94. The number of hydrogen-bond acceptors (Lipinski definition) is 5. The van der Waals surface area contributed by atoms with Crippen LogP contribution < -0.4 is 10.1 Å². The van der Waals surface area contributed by atoms with Crippen LogP contribution in [0.3, 0.4) is 0 Å². The first-order chi connectivity index (χ1) is 13.1. The summed E-state index contributed by atoms with van der Waals surface area (Å²) >= 11 is 0. The molecule has 4 rings (SSSR count). The third kappa shape index (κ3) is 3.81. The molecule has 6 nitrogen and oxygen atoms in total. The average molecular weight is 367 g/mol. The lowest BCUT2D eigenvalue weighted by atomic mass is 10.1. The van der Waals surface area contributed by atoms with Crippen LogP contribution in [0.1, 0.15) is 46.4 Å². The van der Waals surface area contributed by atoms with Gasteiger partial charge >= 0.3 is 0 Å². The van der Waals surface area contributed by atoms with Crippen LogP contribution >= 0.6 is 0 Å². The van der Waals surface area contributed by atoms with E-state index in [1.165, 1.54) is 19.2 Å². The molecule has 1 N–H and O–H groups in total. The lowest BCUT2D eigenvalue weighted by Crippen LogP contribution is -2.14. The van der Waals surface area contributed by atoms with Gasteiger partial charge in [-0.05, 0) is 42.7 Å². The molecule has 0 aliphatic heterocycles. The third-order valence-corrected chi connectivity index (χ3v) is 4.45. The number of carbonyl (C=O) groups is 1. The minimum atomic E-state index is -0.586. The van der Waals surface area contributed by atoms with E-state index in [9.17, 15) is 9.18 Å². The molecule has 0 radical (unpaired) electrons. The smallest absolute Gasteiger partial charge is 0.255 e. The van der Waals surface area contributed by atoms with Gasteiger partial charge in [-0.15, -0.1) is 0 Å². The zero-order chi connectivity index (χ0) is 18.8. The number of aromatic nitrogens is 2. The van der Waals surface area contributed by atoms with E-state index in [1.54, 1.807) is 6.07 Å². The number of nitrogens with one attached hydrogen (secondary N) is 1. The minimum Gasteiger partial charge on any atom is -0.494 e. The Balaban J connectivity index is 1.51. The monoisotopic (exact) mass is 367 g/mol. The number of benzene rings is 2. The van der Waals surface area contributed by atoms with Crippen LogP contribution in [-0.4, -0.2) is 23.2 Å². The summed E-state index contributed by atoms with van der Waals surface area (Å²) in [4.78, 5) is 16.9. The molecule has 0 unspecified atom stereocenters. The van der Waals surface area contributed by atoms with Gasteiger partial charge in [0, 0.05) is 17.2 Å². The van der Waals surface area contributed by atoms with E-state index >= 15 is 0 Å². The summed E-state index contributed by atoms with van der Waals surface area (Å²) in [6.45, 7) is 0. The van der Waals surface area contributed by atoms with Gasteiger partial charge in [0.2, 0.25) is 5.89 Å². The lowest BCUT2D eigenvalue weighted by molar-refractivity contribution is 0.102. The molecule has 0 spiro atoms. The number of rotatable bonds is 6. The van der Waals surface area contributed by atoms with Crippen molar-refractivity contribution in [1.82, 2.24) is 10.1 Å². The van der Waals surface area contributed by atoms with Gasteiger partial charge in [-0.3, -0.25) is 4.79 Å². The molecular formula is C20H18FN3O3. The average Bonchev–Trinajstić information content (AvgIpc) is 3.42. The third-order valence-electron chi connectivity index (χ3n) is 4.45. The molecule has 0 saturated heterocycles. The standard InChI is InChI=1S/C20H18FN3O3/c1-26-17-9-8-14(10-15(17)21)20(25)22-16-5-3-2-4-13(16)11-18-23-19(24-27-18)12-6-7-12/h2-5,8-10,12H,6-7,11H2,1H3,(H,22,25). The number of nitrogens with zero attached hydrogens (tertiary/aromatic N) is 2. The van der Waals surface area contributed by atoms with Crippen molar-refractivity contribution in [1.29, 1.82) is 0 Å². The van der Waals surface area contributed by atoms with Crippen molar-refractivity contribution < 1.29 is 18.4 Å². The molecule has 1 heterocycles. The van der Waals surface area contributed by atoms with Crippen LogP contribution in [0.2, 0.25) is 0 Å². The fourth-order valence-corrected chi connectivity index (χ4v) is 2.81. The molecular weight excluding hydrogens is 349 g/mol. The Kier molecular flexibility index (Phi) is 4.58. The fraction of sp³-hybridized carbons (Fsp3) is 0.250. The summed E-state index contributed by atoms with van der Waals surface area (Å²) in [7, 11) is 1.38. The number of ether oxygens (including phenoxy) is 1. The highest BCUT2D eigenvalue weighted by Crippen LogP contribution is 2.38. The van der Waals surface area contributed by atoms with E-state index < -0.39 is 11.7 Å². The fourth-order valence-electron chi connectivity index (χ4n) is 2.81. The number of anilines is 1. The van der Waals surface area contributed by atoms with E-state index in [0.29, 0.717) is 23.9 Å². The normalized spacial score (nSPS) is 13.4. The number of hydrogen-bond donors (Lipinski definition) is 1. The largest absolute Gasteiger partial charge is 0.494 e. The van der Waals surface area contributed by atoms with Gasteiger partial charge in [-0.25, -0.2) is 4.39 Å². The topological polar surface area (TPSA) is 77.2 Å². The maximum absolute atomic E-state index is 13.9. The molecule has 1 saturated carbocycles. The molecule has 0 bridgehead atoms. The van der Waals surface area contributed by atoms with Crippen molar-refractivity contribution in [2.75, 3.05) is 12.4 Å². The zero-order valence-electron chi connectivity index (χ0n) is 14.7. The van der Waals surface area contributed by atoms with E-state index in [4.69, 9.17) is 9.26 Å². The summed E-state index contributed by atoms with van der Waals surface area (Å²) in [5.41, 5.74) is 1.66. The van der Waals surface area contributed by atoms with Crippen LogP contribution in [0.25, 0.3) is 0 Å².